The highest BCUT2D eigenvalue weighted by atomic mass is 32.2. The summed E-state index contributed by atoms with van der Waals surface area (Å²) >= 11 is 0.702. The first-order valence-corrected chi connectivity index (χ1v) is 14.1. The van der Waals surface area contributed by atoms with Gasteiger partial charge < -0.3 is 5.11 Å². The molecular formula is C27H21N3O7S2. The molecular weight excluding hydrogens is 542 g/mol. The van der Waals surface area contributed by atoms with Crippen molar-refractivity contribution in [3.05, 3.63) is 122 Å². The van der Waals surface area contributed by atoms with Crippen LogP contribution in [-0.4, -0.2) is 41.2 Å². The van der Waals surface area contributed by atoms with Gasteiger partial charge in [0, 0.05) is 16.9 Å². The van der Waals surface area contributed by atoms with Crippen molar-refractivity contribution >= 4 is 38.0 Å². The monoisotopic (exact) mass is 563 g/mol. The lowest BCUT2D eigenvalue weighted by Crippen LogP contribution is -2.30. The Kier molecular flexibility index (Phi) is 6.74. The molecule has 2 atom stereocenters. The van der Waals surface area contributed by atoms with E-state index in [-0.39, 0.29) is 31.8 Å². The average molecular weight is 564 g/mol. The van der Waals surface area contributed by atoms with Crippen LogP contribution >= 0.6 is 11.3 Å². The van der Waals surface area contributed by atoms with Gasteiger partial charge in [-0.15, -0.1) is 0 Å². The molecule has 2 unspecified atom stereocenters. The van der Waals surface area contributed by atoms with E-state index in [0.717, 1.165) is 16.7 Å². The van der Waals surface area contributed by atoms with Gasteiger partial charge in [0.05, 0.1) is 22.7 Å². The van der Waals surface area contributed by atoms with Gasteiger partial charge in [-0.05, 0) is 24.6 Å². The van der Waals surface area contributed by atoms with Gasteiger partial charge in [0.2, 0.25) is 15.9 Å². The largest absolute Gasteiger partial charge is 0.503 e. The van der Waals surface area contributed by atoms with E-state index in [1.165, 1.54) is 18.2 Å². The highest BCUT2D eigenvalue weighted by Gasteiger charge is 2.46. The van der Waals surface area contributed by atoms with Crippen molar-refractivity contribution in [3.8, 4) is 0 Å². The van der Waals surface area contributed by atoms with Crippen LogP contribution in [0.15, 0.2) is 99.5 Å². The van der Waals surface area contributed by atoms with Gasteiger partial charge in [-0.3, -0.25) is 24.6 Å². The van der Waals surface area contributed by atoms with Crippen molar-refractivity contribution in [1.29, 1.82) is 0 Å². The lowest BCUT2D eigenvalue weighted by atomic mass is 9.92. The minimum Gasteiger partial charge on any atom is -0.503 e. The van der Waals surface area contributed by atoms with E-state index in [1.54, 1.807) is 54.6 Å². The fourth-order valence-electron chi connectivity index (χ4n) is 4.39. The lowest BCUT2D eigenvalue weighted by Gasteiger charge is -2.24. The van der Waals surface area contributed by atoms with Crippen LogP contribution < -0.4 is 4.90 Å². The molecule has 1 aliphatic heterocycles. The second-order valence-corrected chi connectivity index (χ2v) is 12.2. The lowest BCUT2D eigenvalue weighted by molar-refractivity contribution is -0.508. The maximum atomic E-state index is 13.5. The molecule has 2 heterocycles. The Labute approximate surface area is 227 Å². The van der Waals surface area contributed by atoms with Gasteiger partial charge in [0.25, 0.3) is 5.91 Å². The quantitative estimate of drug-likeness (QED) is 0.251. The van der Waals surface area contributed by atoms with Gasteiger partial charge in [0.1, 0.15) is 4.21 Å². The number of carbonyl (C=O) groups excluding carboxylic acids is 2. The molecule has 0 spiro atoms. The zero-order valence-corrected chi connectivity index (χ0v) is 22.1. The number of aliphatic hydroxyl groups excluding tert-OH is 1. The second-order valence-electron chi connectivity index (χ2n) is 8.97. The number of ketones is 1. The maximum Gasteiger partial charge on any atom is 0.296 e. The van der Waals surface area contributed by atoms with Crippen LogP contribution in [0.25, 0.3) is 0 Å². The molecule has 1 aromatic heterocycles. The number of aliphatic hydroxyl groups is 1. The number of nitro groups is 1. The number of hydrogen-bond donors (Lipinski definition) is 1. The van der Waals surface area contributed by atoms with Gasteiger partial charge in [-0.25, -0.2) is 13.4 Å². The number of benzene rings is 2. The molecule has 0 saturated carbocycles. The molecule has 0 saturated heterocycles. The Bertz CT molecular complexity index is 1690. The standard InChI is InChI=1S/C27H21N3O7S2/c1-16-7-9-18(10-8-16)24(31)22-23(17-5-3-2-4-6-17)29(26(33)25(22)32)27-28-15-21(38-27)39(36,37)20-13-11-19(12-14-20)30(34)35/h2-11,13-15,19,23,32H,12H2,1H3. The minimum absolute atomic E-state index is 0.0331. The van der Waals surface area contributed by atoms with Gasteiger partial charge in [0.15, 0.2) is 16.7 Å². The fraction of sp³-hybridized carbons (Fsp3) is 0.148. The number of carbonyl (C=O) groups is 2. The van der Waals surface area contributed by atoms with Crippen LogP contribution in [0.5, 0.6) is 0 Å². The van der Waals surface area contributed by atoms with Crippen LogP contribution in [0.2, 0.25) is 0 Å². The Morgan fingerprint density at radius 3 is 2.46 bits per heavy atom. The van der Waals surface area contributed by atoms with Crippen molar-refractivity contribution in [2.75, 3.05) is 4.90 Å². The second kappa shape index (κ2) is 10.0. The highest BCUT2D eigenvalue weighted by molar-refractivity contribution is 7.97. The highest BCUT2D eigenvalue weighted by Crippen LogP contribution is 2.44. The number of hydrogen-bond acceptors (Lipinski definition) is 9. The van der Waals surface area contributed by atoms with E-state index in [0.29, 0.717) is 16.9 Å². The summed E-state index contributed by atoms with van der Waals surface area (Å²) in [6.07, 6.45) is 4.70. The van der Waals surface area contributed by atoms with E-state index >= 15 is 0 Å². The zero-order valence-electron chi connectivity index (χ0n) is 20.4. The molecule has 5 rings (SSSR count). The Hall–Kier alpha value is -4.42. The normalized spacial score (nSPS) is 19.4. The number of thiazole rings is 1. The third kappa shape index (κ3) is 4.68. The van der Waals surface area contributed by atoms with E-state index in [4.69, 9.17) is 0 Å². The smallest absolute Gasteiger partial charge is 0.296 e. The molecule has 1 aliphatic carbocycles. The molecule has 0 radical (unpaired) electrons. The third-order valence-corrected chi connectivity index (χ3v) is 9.71. The number of anilines is 1. The first-order valence-electron chi connectivity index (χ1n) is 11.8. The molecule has 2 aromatic carbocycles. The van der Waals surface area contributed by atoms with Crippen LogP contribution in [0.1, 0.15) is 33.9 Å². The number of Topliss-reactive ketones (excluding diaryl/α,β-unsaturated/α-hetero) is 1. The van der Waals surface area contributed by atoms with Gasteiger partial charge in [-0.1, -0.05) is 77.6 Å². The van der Waals surface area contributed by atoms with Crippen LogP contribution in [0.3, 0.4) is 0 Å². The summed E-state index contributed by atoms with van der Waals surface area (Å²) in [4.78, 5) is 42.6. The van der Waals surface area contributed by atoms with Crippen molar-refractivity contribution < 1.29 is 28.0 Å². The predicted molar refractivity (Wildman–Crippen MR) is 144 cm³/mol. The van der Waals surface area contributed by atoms with E-state index in [1.807, 2.05) is 6.92 Å². The summed E-state index contributed by atoms with van der Waals surface area (Å²) in [5, 5.41) is 21.9. The Morgan fingerprint density at radius 2 is 1.85 bits per heavy atom. The average Bonchev–Trinajstić information content (AvgIpc) is 3.53. The third-order valence-electron chi connectivity index (χ3n) is 6.45. The number of sulfone groups is 1. The molecule has 1 N–H and O–H groups in total. The van der Waals surface area contributed by atoms with Crippen LogP contribution in [0.4, 0.5) is 5.13 Å². The number of nitrogens with zero attached hydrogens (tertiary/aromatic N) is 3. The molecule has 0 fully saturated rings. The van der Waals surface area contributed by atoms with E-state index in [9.17, 15) is 33.2 Å². The first kappa shape index (κ1) is 26.2. The van der Waals surface area contributed by atoms with E-state index in [2.05, 4.69) is 4.98 Å². The van der Waals surface area contributed by atoms with Gasteiger partial charge in [-0.2, -0.15) is 0 Å². The molecule has 1 amide bonds. The number of aryl methyl sites for hydroxylation is 1. The SMILES string of the molecule is Cc1ccc(C(=O)C2=C(O)C(=O)N(c3ncc(S(=O)(=O)C4=CCC([N+](=O)[O-])C=C4)s3)C2c2ccccc2)cc1. The molecule has 2 aliphatic rings. The van der Waals surface area contributed by atoms with Crippen molar-refractivity contribution in [3.63, 3.8) is 0 Å². The predicted octanol–water partition coefficient (Wildman–Crippen LogP) is 4.50. The zero-order chi connectivity index (χ0) is 27.9. The van der Waals surface area contributed by atoms with E-state index < -0.39 is 44.3 Å². The van der Waals surface area contributed by atoms with Crippen molar-refractivity contribution in [2.45, 2.75) is 29.6 Å². The fourth-order valence-corrected chi connectivity index (χ4v) is 7.02. The van der Waals surface area contributed by atoms with Crippen LogP contribution in [-0.2, 0) is 14.6 Å². The topological polar surface area (TPSA) is 148 Å². The molecule has 12 heteroatoms. The molecule has 3 aromatic rings. The Morgan fingerprint density at radius 1 is 1.15 bits per heavy atom. The summed E-state index contributed by atoms with van der Waals surface area (Å²) in [5.74, 6) is -2.17. The van der Waals surface area contributed by atoms with Crippen molar-refractivity contribution in [2.24, 2.45) is 0 Å². The Balaban J connectivity index is 1.54. The molecule has 198 valence electrons. The summed E-state index contributed by atoms with van der Waals surface area (Å²) in [6.45, 7) is 1.87. The van der Waals surface area contributed by atoms with Crippen LogP contribution in [0, 0.1) is 17.0 Å². The van der Waals surface area contributed by atoms with Crippen molar-refractivity contribution in [1.82, 2.24) is 4.98 Å². The number of aromatic nitrogens is 1. The number of rotatable bonds is 7. The number of allylic oxidation sites excluding steroid dienone is 1. The maximum absolute atomic E-state index is 13.5. The summed E-state index contributed by atoms with van der Waals surface area (Å²) < 4.78 is 26.3. The summed E-state index contributed by atoms with van der Waals surface area (Å²) in [7, 11) is -4.08. The summed E-state index contributed by atoms with van der Waals surface area (Å²) in [5.41, 5.74) is 1.60. The molecule has 39 heavy (non-hydrogen) atoms. The first-order chi connectivity index (χ1) is 18.6. The van der Waals surface area contributed by atoms with Gasteiger partial charge >= 0.3 is 0 Å². The molecule has 10 nitrogen and oxygen atoms in total. The summed E-state index contributed by atoms with van der Waals surface area (Å²) in [6, 6.07) is 13.2. The molecule has 0 bridgehead atoms. The number of amides is 1. The minimum atomic E-state index is -4.08.